The topological polar surface area (TPSA) is 68.5 Å². The van der Waals surface area contributed by atoms with Gasteiger partial charge in [0.05, 0.1) is 47.3 Å². The lowest BCUT2D eigenvalue weighted by Crippen LogP contribution is -2.36. The van der Waals surface area contributed by atoms with Gasteiger partial charge in [0.1, 0.15) is 0 Å². The van der Waals surface area contributed by atoms with Crippen LogP contribution in [0.25, 0.3) is 11.1 Å². The molecular formula is C19H25NO4S. The summed E-state index contributed by atoms with van der Waals surface area (Å²) in [6, 6.07) is 9.25. The minimum atomic E-state index is -1.31. The second-order valence-electron chi connectivity index (χ2n) is 6.70. The van der Waals surface area contributed by atoms with Gasteiger partial charge in [-0.1, -0.05) is 18.2 Å². The van der Waals surface area contributed by atoms with Crippen molar-refractivity contribution in [1.29, 1.82) is 0 Å². The van der Waals surface area contributed by atoms with Crippen molar-refractivity contribution in [2.24, 2.45) is 0 Å². The average molecular weight is 363 g/mol. The first-order valence-corrected chi connectivity index (χ1v) is 9.42. The van der Waals surface area contributed by atoms with E-state index in [1.54, 1.807) is 19.5 Å². The molecule has 2 aromatic rings. The summed E-state index contributed by atoms with van der Waals surface area (Å²) in [6.45, 7) is 7.76. The molecule has 2 rings (SSSR count). The molecule has 0 fully saturated rings. The van der Waals surface area contributed by atoms with E-state index in [0.29, 0.717) is 6.61 Å². The molecule has 0 radical (unpaired) electrons. The summed E-state index contributed by atoms with van der Waals surface area (Å²) in [7, 11) is -1.31. The number of carbonyl (C=O) groups is 1. The third-order valence-electron chi connectivity index (χ3n) is 3.63. The molecule has 0 amide bonds. The van der Waals surface area contributed by atoms with Gasteiger partial charge in [0.2, 0.25) is 0 Å². The fourth-order valence-corrected chi connectivity index (χ4v) is 3.12. The van der Waals surface area contributed by atoms with Gasteiger partial charge >= 0.3 is 5.97 Å². The maximum atomic E-state index is 12.5. The third-order valence-corrected chi connectivity index (χ3v) is 5.24. The van der Waals surface area contributed by atoms with Crippen molar-refractivity contribution in [2.45, 2.75) is 44.9 Å². The molecule has 0 saturated carbocycles. The molecule has 0 unspecified atom stereocenters. The molecule has 1 N–H and O–H groups in total. The second-order valence-corrected chi connectivity index (χ2v) is 8.70. The van der Waals surface area contributed by atoms with Gasteiger partial charge in [-0.2, -0.15) is 0 Å². The van der Waals surface area contributed by atoms with Crippen LogP contribution in [0.2, 0.25) is 0 Å². The predicted octanol–water partition coefficient (Wildman–Crippen LogP) is 3.99. The summed E-state index contributed by atoms with van der Waals surface area (Å²) in [5.41, 5.74) is 2.81. The van der Waals surface area contributed by atoms with E-state index < -0.39 is 21.8 Å². The molecule has 0 aliphatic carbocycles. The lowest BCUT2D eigenvalue weighted by atomic mass is 10.00. The zero-order valence-electron chi connectivity index (χ0n) is 15.1. The molecule has 0 aliphatic rings. The number of hydrogen-bond acceptors (Lipinski definition) is 4. The van der Waals surface area contributed by atoms with E-state index in [1.807, 2.05) is 51.1 Å². The smallest absolute Gasteiger partial charge is 0.307 e. The minimum absolute atomic E-state index is 0.116. The number of furan rings is 1. The monoisotopic (exact) mass is 363 g/mol. The highest BCUT2D eigenvalue weighted by atomic mass is 32.2. The van der Waals surface area contributed by atoms with Crippen LogP contribution in [0.1, 0.15) is 45.7 Å². The molecule has 1 aromatic carbocycles. The van der Waals surface area contributed by atoms with Crippen molar-refractivity contribution in [1.82, 2.24) is 4.72 Å². The van der Waals surface area contributed by atoms with Crippen LogP contribution in [0, 0.1) is 0 Å². The summed E-state index contributed by atoms with van der Waals surface area (Å²) >= 11 is 0. The lowest BCUT2D eigenvalue weighted by Gasteiger charge is -2.24. The van der Waals surface area contributed by atoms with Gasteiger partial charge in [-0.15, -0.1) is 0 Å². The van der Waals surface area contributed by atoms with Gasteiger partial charge in [0, 0.05) is 5.56 Å². The number of ether oxygens (including phenoxy) is 1. The van der Waals surface area contributed by atoms with Gasteiger partial charge in [-0.05, 0) is 51.0 Å². The maximum absolute atomic E-state index is 12.5. The van der Waals surface area contributed by atoms with Crippen LogP contribution < -0.4 is 4.72 Å². The Morgan fingerprint density at radius 2 is 2.04 bits per heavy atom. The number of nitrogens with one attached hydrogen (secondary N) is 1. The summed E-state index contributed by atoms with van der Waals surface area (Å²) in [5.74, 6) is -0.320. The number of rotatable bonds is 7. The minimum Gasteiger partial charge on any atom is -0.472 e. The predicted molar refractivity (Wildman–Crippen MR) is 99.2 cm³/mol. The number of benzene rings is 1. The molecular weight excluding hydrogens is 338 g/mol. The zero-order chi connectivity index (χ0) is 18.4. The Balaban J connectivity index is 2.29. The molecule has 25 heavy (non-hydrogen) atoms. The summed E-state index contributed by atoms with van der Waals surface area (Å²) < 4.78 is 25.4. The fraction of sp³-hybridized carbons (Fsp3) is 0.421. The summed E-state index contributed by atoms with van der Waals surface area (Å²) in [5, 5.41) is 0. The van der Waals surface area contributed by atoms with E-state index in [-0.39, 0.29) is 12.4 Å². The molecule has 0 saturated heterocycles. The van der Waals surface area contributed by atoms with Crippen LogP contribution in [0.15, 0.2) is 47.3 Å². The van der Waals surface area contributed by atoms with E-state index in [0.717, 1.165) is 16.7 Å². The number of esters is 1. The Labute approximate surface area is 151 Å². The van der Waals surface area contributed by atoms with Crippen LogP contribution in [0.3, 0.4) is 0 Å². The van der Waals surface area contributed by atoms with E-state index in [4.69, 9.17) is 9.15 Å². The van der Waals surface area contributed by atoms with Gasteiger partial charge in [0.15, 0.2) is 0 Å². The lowest BCUT2D eigenvalue weighted by molar-refractivity contribution is -0.143. The first-order valence-electron chi connectivity index (χ1n) is 8.27. The molecule has 5 nitrogen and oxygen atoms in total. The Morgan fingerprint density at radius 1 is 1.28 bits per heavy atom. The van der Waals surface area contributed by atoms with Crippen LogP contribution >= 0.6 is 0 Å². The highest BCUT2D eigenvalue weighted by Crippen LogP contribution is 2.26. The quantitative estimate of drug-likeness (QED) is 0.755. The first-order chi connectivity index (χ1) is 11.8. The zero-order valence-corrected chi connectivity index (χ0v) is 15.9. The van der Waals surface area contributed by atoms with Crippen LogP contribution in [-0.2, 0) is 20.5 Å². The standard InChI is InChI=1S/C19H25NO4S/c1-5-24-18(21)12-17(20-25(22)19(2,3)4)15-8-6-7-14(11-15)16-9-10-23-13-16/h6-11,13,17,20H,5,12H2,1-4H3/t17-,25+/m0/s1. The summed E-state index contributed by atoms with van der Waals surface area (Å²) in [4.78, 5) is 12.0. The fourth-order valence-electron chi connectivity index (χ4n) is 2.28. The van der Waals surface area contributed by atoms with Gasteiger partial charge in [0.25, 0.3) is 0 Å². The molecule has 0 spiro atoms. The largest absolute Gasteiger partial charge is 0.472 e. The molecule has 0 bridgehead atoms. The average Bonchev–Trinajstić information content (AvgIpc) is 3.08. The summed E-state index contributed by atoms with van der Waals surface area (Å²) in [6.07, 6.45) is 3.40. The van der Waals surface area contributed by atoms with Gasteiger partial charge < -0.3 is 9.15 Å². The van der Waals surface area contributed by atoms with Crippen molar-refractivity contribution in [3.8, 4) is 11.1 Å². The Bertz CT molecular complexity index is 719. The van der Waals surface area contributed by atoms with Crippen LogP contribution in [0.4, 0.5) is 0 Å². The van der Waals surface area contributed by atoms with Crippen LogP contribution in [0.5, 0.6) is 0 Å². The van der Waals surface area contributed by atoms with Crippen molar-refractivity contribution >= 4 is 17.0 Å². The molecule has 2 atom stereocenters. The maximum Gasteiger partial charge on any atom is 0.307 e. The molecule has 0 aliphatic heterocycles. The second kappa shape index (κ2) is 8.45. The Morgan fingerprint density at radius 3 is 2.64 bits per heavy atom. The van der Waals surface area contributed by atoms with E-state index in [1.165, 1.54) is 0 Å². The highest BCUT2D eigenvalue weighted by molar-refractivity contribution is 7.84. The first kappa shape index (κ1) is 19.4. The molecule has 6 heteroatoms. The third kappa shape index (κ3) is 5.54. The molecule has 136 valence electrons. The van der Waals surface area contributed by atoms with Crippen molar-refractivity contribution < 1.29 is 18.2 Å². The van der Waals surface area contributed by atoms with E-state index in [2.05, 4.69) is 4.72 Å². The number of hydrogen-bond donors (Lipinski definition) is 1. The SMILES string of the molecule is CCOC(=O)C[C@H](N[S@](=O)C(C)(C)C)c1cccc(-c2ccoc2)c1. The normalized spacial score (nSPS) is 14.1. The Hall–Kier alpha value is -1.92. The van der Waals surface area contributed by atoms with Gasteiger partial charge in [-0.25, -0.2) is 8.93 Å². The van der Waals surface area contributed by atoms with E-state index in [9.17, 15) is 9.00 Å². The van der Waals surface area contributed by atoms with Crippen LogP contribution in [-0.4, -0.2) is 21.5 Å². The highest BCUT2D eigenvalue weighted by Gasteiger charge is 2.25. The van der Waals surface area contributed by atoms with Crippen molar-refractivity contribution in [3.63, 3.8) is 0 Å². The van der Waals surface area contributed by atoms with E-state index >= 15 is 0 Å². The molecule has 1 aromatic heterocycles. The van der Waals surface area contributed by atoms with Crippen molar-refractivity contribution in [3.05, 3.63) is 48.4 Å². The van der Waals surface area contributed by atoms with Crippen molar-refractivity contribution in [2.75, 3.05) is 6.61 Å². The Kier molecular flexibility index (Phi) is 6.56. The number of carbonyl (C=O) groups excluding carboxylic acids is 1. The van der Waals surface area contributed by atoms with Gasteiger partial charge in [-0.3, -0.25) is 4.79 Å². The molecule has 1 heterocycles.